The van der Waals surface area contributed by atoms with E-state index in [-0.39, 0.29) is 0 Å². The molecule has 1 heterocycles. The van der Waals surface area contributed by atoms with Gasteiger partial charge in [0.25, 0.3) is 0 Å². The summed E-state index contributed by atoms with van der Waals surface area (Å²) in [4.78, 5) is 0. The minimum atomic E-state index is 0.433. The first-order valence-electron chi connectivity index (χ1n) is 4.11. The van der Waals surface area contributed by atoms with Crippen LogP contribution in [0.2, 0.25) is 0 Å². The average Bonchev–Trinajstić information content (AvgIpc) is 2.37. The number of hydrogen-bond acceptors (Lipinski definition) is 3. The Morgan fingerprint density at radius 1 is 1.77 bits per heavy atom. The molecule has 1 aromatic heterocycles. The van der Waals surface area contributed by atoms with Gasteiger partial charge in [-0.05, 0) is 28.5 Å². The Labute approximate surface area is 91.6 Å². The molecule has 0 bridgehead atoms. The molecule has 0 aromatic carbocycles. The smallest absolute Gasteiger partial charge is 0.135 e. The van der Waals surface area contributed by atoms with Gasteiger partial charge in [-0.3, -0.25) is 0 Å². The second kappa shape index (κ2) is 4.80. The fraction of sp³-hybridized carbons (Fsp3) is 0.625. The molecule has 1 atom stereocenters. The molecule has 5 heteroatoms. The van der Waals surface area contributed by atoms with Crippen LogP contribution in [-0.2, 0) is 11.3 Å². The molecule has 0 saturated carbocycles. The van der Waals surface area contributed by atoms with Crippen molar-refractivity contribution >= 4 is 28.4 Å². The van der Waals surface area contributed by atoms with Crippen molar-refractivity contribution in [1.82, 2.24) is 9.78 Å². The fourth-order valence-electron chi connectivity index (χ4n) is 1.15. The topological polar surface area (TPSA) is 53.1 Å². The van der Waals surface area contributed by atoms with Crippen LogP contribution in [-0.4, -0.2) is 23.5 Å². The average molecular weight is 295 g/mol. The lowest BCUT2D eigenvalue weighted by Crippen LogP contribution is -2.15. The number of nitrogen functional groups attached to an aromatic ring is 1. The zero-order valence-electron chi connectivity index (χ0n) is 7.83. The van der Waals surface area contributed by atoms with Crippen LogP contribution in [0.3, 0.4) is 0 Å². The Morgan fingerprint density at radius 3 is 2.92 bits per heavy atom. The second-order valence-corrected chi connectivity index (χ2v) is 4.28. The maximum Gasteiger partial charge on any atom is 0.135 e. The molecule has 0 aliphatic rings. The zero-order valence-corrected chi connectivity index (χ0v) is 9.98. The molecule has 0 saturated heterocycles. The number of halogens is 1. The van der Waals surface area contributed by atoms with Gasteiger partial charge < -0.3 is 10.5 Å². The Hall–Kier alpha value is -0.300. The highest BCUT2D eigenvalue weighted by atomic mass is 127. The Morgan fingerprint density at radius 2 is 2.46 bits per heavy atom. The van der Waals surface area contributed by atoms with Gasteiger partial charge in [0.05, 0.1) is 16.4 Å². The van der Waals surface area contributed by atoms with Gasteiger partial charge in [0.15, 0.2) is 0 Å². The third kappa shape index (κ3) is 2.84. The number of aromatic nitrogens is 2. The first-order valence-corrected chi connectivity index (χ1v) is 5.18. The molecule has 0 fully saturated rings. The van der Waals surface area contributed by atoms with E-state index in [0.717, 1.165) is 22.5 Å². The van der Waals surface area contributed by atoms with Crippen molar-refractivity contribution in [2.75, 3.05) is 19.5 Å². The maximum absolute atomic E-state index is 5.80. The van der Waals surface area contributed by atoms with E-state index >= 15 is 0 Å². The number of hydrogen-bond donors (Lipinski definition) is 1. The predicted molar refractivity (Wildman–Crippen MR) is 60.4 cm³/mol. The molecule has 0 amide bonds. The van der Waals surface area contributed by atoms with Gasteiger partial charge >= 0.3 is 0 Å². The highest BCUT2D eigenvalue weighted by Gasteiger charge is 2.08. The van der Waals surface area contributed by atoms with Gasteiger partial charge in [0, 0.05) is 13.7 Å². The molecule has 2 N–H and O–H groups in total. The van der Waals surface area contributed by atoms with E-state index in [4.69, 9.17) is 10.5 Å². The van der Waals surface area contributed by atoms with Gasteiger partial charge in [-0.15, -0.1) is 0 Å². The highest BCUT2D eigenvalue weighted by molar-refractivity contribution is 14.1. The first kappa shape index (κ1) is 10.8. The molecule has 1 rings (SSSR count). The van der Waals surface area contributed by atoms with Crippen LogP contribution < -0.4 is 5.73 Å². The van der Waals surface area contributed by atoms with E-state index in [1.54, 1.807) is 13.3 Å². The SMILES string of the molecule is COCC(C)Cn1ncc(I)c1N. The first-order chi connectivity index (χ1) is 6.15. The molecular weight excluding hydrogens is 281 g/mol. The van der Waals surface area contributed by atoms with Gasteiger partial charge in [-0.2, -0.15) is 5.10 Å². The normalized spacial score (nSPS) is 13.2. The Kier molecular flexibility index (Phi) is 3.98. The summed E-state index contributed by atoms with van der Waals surface area (Å²) < 4.78 is 7.85. The summed E-state index contributed by atoms with van der Waals surface area (Å²) in [5.41, 5.74) is 5.80. The summed E-state index contributed by atoms with van der Waals surface area (Å²) in [5.74, 6) is 1.17. The minimum absolute atomic E-state index is 0.433. The number of nitrogens with zero attached hydrogens (tertiary/aromatic N) is 2. The number of nitrogens with two attached hydrogens (primary N) is 1. The van der Waals surface area contributed by atoms with Gasteiger partial charge in [0.2, 0.25) is 0 Å². The van der Waals surface area contributed by atoms with Crippen LogP contribution in [0, 0.1) is 9.49 Å². The van der Waals surface area contributed by atoms with Crippen LogP contribution in [0.1, 0.15) is 6.92 Å². The van der Waals surface area contributed by atoms with E-state index in [2.05, 4.69) is 34.6 Å². The monoisotopic (exact) mass is 295 g/mol. The summed E-state index contributed by atoms with van der Waals surface area (Å²) in [6, 6.07) is 0. The third-order valence-electron chi connectivity index (χ3n) is 1.77. The van der Waals surface area contributed by atoms with E-state index in [1.165, 1.54) is 0 Å². The lowest BCUT2D eigenvalue weighted by Gasteiger charge is -2.11. The van der Waals surface area contributed by atoms with Crippen LogP contribution >= 0.6 is 22.6 Å². The number of ether oxygens (including phenoxy) is 1. The Bertz CT molecular complexity index is 274. The van der Waals surface area contributed by atoms with E-state index in [9.17, 15) is 0 Å². The van der Waals surface area contributed by atoms with Crippen molar-refractivity contribution in [3.8, 4) is 0 Å². The molecular formula is C8H14IN3O. The third-order valence-corrected chi connectivity index (χ3v) is 2.60. The summed E-state index contributed by atoms with van der Waals surface area (Å²) in [7, 11) is 1.70. The second-order valence-electron chi connectivity index (χ2n) is 3.12. The van der Waals surface area contributed by atoms with Crippen LogP contribution in [0.15, 0.2) is 6.20 Å². The molecule has 74 valence electrons. The van der Waals surface area contributed by atoms with Gasteiger partial charge in [0.1, 0.15) is 5.82 Å². The molecule has 4 nitrogen and oxygen atoms in total. The maximum atomic E-state index is 5.80. The van der Waals surface area contributed by atoms with Crippen molar-refractivity contribution in [3.63, 3.8) is 0 Å². The molecule has 0 aliphatic heterocycles. The van der Waals surface area contributed by atoms with Gasteiger partial charge in [-0.25, -0.2) is 4.68 Å². The minimum Gasteiger partial charge on any atom is -0.384 e. The van der Waals surface area contributed by atoms with Crippen molar-refractivity contribution in [1.29, 1.82) is 0 Å². The molecule has 1 aromatic rings. The van der Waals surface area contributed by atoms with E-state index in [1.807, 2.05) is 4.68 Å². The lowest BCUT2D eigenvalue weighted by atomic mass is 10.2. The van der Waals surface area contributed by atoms with Crippen molar-refractivity contribution in [2.45, 2.75) is 13.5 Å². The molecule has 0 radical (unpaired) electrons. The quantitative estimate of drug-likeness (QED) is 0.853. The standard InChI is InChI=1S/C8H14IN3O/c1-6(5-13-2)4-12-8(10)7(9)3-11-12/h3,6H,4-5,10H2,1-2H3. The lowest BCUT2D eigenvalue weighted by molar-refractivity contribution is 0.150. The molecule has 0 spiro atoms. The predicted octanol–water partition coefficient (Wildman–Crippen LogP) is 1.35. The number of rotatable bonds is 4. The van der Waals surface area contributed by atoms with Crippen LogP contribution in [0.4, 0.5) is 5.82 Å². The molecule has 13 heavy (non-hydrogen) atoms. The summed E-state index contributed by atoms with van der Waals surface area (Å²) >= 11 is 2.17. The van der Waals surface area contributed by atoms with E-state index < -0.39 is 0 Å². The largest absolute Gasteiger partial charge is 0.384 e. The molecule has 1 unspecified atom stereocenters. The van der Waals surface area contributed by atoms with Crippen molar-refractivity contribution in [3.05, 3.63) is 9.77 Å². The summed E-state index contributed by atoms with van der Waals surface area (Å²) in [6.45, 7) is 3.65. The van der Waals surface area contributed by atoms with Crippen molar-refractivity contribution in [2.24, 2.45) is 5.92 Å². The zero-order chi connectivity index (χ0) is 9.84. The summed E-state index contributed by atoms with van der Waals surface area (Å²) in [6.07, 6.45) is 1.77. The highest BCUT2D eigenvalue weighted by Crippen LogP contribution is 2.14. The molecule has 0 aliphatic carbocycles. The van der Waals surface area contributed by atoms with Crippen LogP contribution in [0.25, 0.3) is 0 Å². The summed E-state index contributed by atoms with van der Waals surface area (Å²) in [5, 5.41) is 4.17. The fourth-order valence-corrected chi connectivity index (χ4v) is 1.55. The van der Waals surface area contributed by atoms with E-state index in [0.29, 0.717) is 5.92 Å². The number of anilines is 1. The Balaban J connectivity index is 2.58. The van der Waals surface area contributed by atoms with Gasteiger partial charge in [-0.1, -0.05) is 6.92 Å². The van der Waals surface area contributed by atoms with Crippen LogP contribution in [0.5, 0.6) is 0 Å². The van der Waals surface area contributed by atoms with Crippen molar-refractivity contribution < 1.29 is 4.74 Å². The number of methoxy groups -OCH3 is 1.